The maximum absolute atomic E-state index is 12.5. The van der Waals surface area contributed by atoms with E-state index in [1.165, 1.54) is 26.8 Å². The molecule has 0 saturated carbocycles. The number of nitrogens with two attached hydrogens (primary N) is 1. The van der Waals surface area contributed by atoms with Gasteiger partial charge in [-0.25, -0.2) is 4.79 Å². The van der Waals surface area contributed by atoms with Gasteiger partial charge in [-0.1, -0.05) is 12.1 Å². The van der Waals surface area contributed by atoms with Crippen molar-refractivity contribution in [1.82, 2.24) is 4.98 Å². The van der Waals surface area contributed by atoms with E-state index in [9.17, 15) is 22.8 Å². The van der Waals surface area contributed by atoms with E-state index in [1.54, 1.807) is 31.2 Å². The molecular formula is C24H26F3N5O5. The van der Waals surface area contributed by atoms with Crippen LogP contribution in [0.15, 0.2) is 36.5 Å². The molecule has 37 heavy (non-hydrogen) atoms. The number of hydrogen-bond donors (Lipinski definition) is 4. The summed E-state index contributed by atoms with van der Waals surface area (Å²) in [6, 6.07) is 8.69. The van der Waals surface area contributed by atoms with Crippen molar-refractivity contribution in [3.63, 3.8) is 0 Å². The van der Waals surface area contributed by atoms with Gasteiger partial charge >= 0.3 is 18.3 Å². The Kier molecular flexibility index (Phi) is 10.5. The van der Waals surface area contributed by atoms with Crippen LogP contribution in [0.1, 0.15) is 37.6 Å². The number of carboxylic acids is 1. The lowest BCUT2D eigenvalue weighted by Gasteiger charge is -2.18. The summed E-state index contributed by atoms with van der Waals surface area (Å²) >= 11 is 0. The smallest absolute Gasteiger partial charge is 0.481 e. The van der Waals surface area contributed by atoms with Crippen molar-refractivity contribution < 1.29 is 37.3 Å². The molecule has 2 rings (SSSR count). The van der Waals surface area contributed by atoms with E-state index in [4.69, 9.17) is 26.9 Å². The first kappa shape index (κ1) is 30.7. The van der Waals surface area contributed by atoms with Crippen molar-refractivity contribution in [3.05, 3.63) is 53.3 Å². The summed E-state index contributed by atoms with van der Waals surface area (Å²) in [6.45, 7) is 5.84. The first-order chi connectivity index (χ1) is 17.0. The molecule has 13 heteroatoms. The molecule has 0 saturated heterocycles. The predicted octanol–water partition coefficient (Wildman–Crippen LogP) is 4.54. The van der Waals surface area contributed by atoms with Gasteiger partial charge in [0, 0.05) is 17.3 Å². The van der Waals surface area contributed by atoms with Gasteiger partial charge in [0.25, 0.3) is 0 Å². The zero-order chi connectivity index (χ0) is 28.6. The molecular weight excluding hydrogens is 495 g/mol. The number of aromatic nitrogens is 1. The molecule has 0 aliphatic carbocycles. The summed E-state index contributed by atoms with van der Waals surface area (Å²) in [5.74, 6) is -1.05. The normalized spacial score (nSPS) is 11.8. The number of alkyl halides is 3. The first-order valence-electron chi connectivity index (χ1n) is 10.5. The Bertz CT molecular complexity index is 1200. The highest BCUT2D eigenvalue weighted by Crippen LogP contribution is 2.29. The molecule has 0 amide bonds. The highest BCUT2D eigenvalue weighted by molar-refractivity contribution is 6.51. The van der Waals surface area contributed by atoms with Crippen LogP contribution in [0.3, 0.4) is 0 Å². The van der Waals surface area contributed by atoms with E-state index in [0.717, 1.165) is 17.8 Å². The van der Waals surface area contributed by atoms with Crippen molar-refractivity contribution in [3.8, 4) is 17.2 Å². The minimum Gasteiger partial charge on any atom is -0.481 e. The number of carboxylic acid groups (broad SMARTS) is 1. The van der Waals surface area contributed by atoms with Crippen LogP contribution < -0.4 is 5.73 Å². The summed E-state index contributed by atoms with van der Waals surface area (Å²) in [7, 11) is 0. The number of pyridine rings is 1. The predicted molar refractivity (Wildman–Crippen MR) is 127 cm³/mol. The van der Waals surface area contributed by atoms with E-state index in [-0.39, 0.29) is 12.3 Å². The van der Waals surface area contributed by atoms with Crippen LogP contribution in [0.25, 0.3) is 11.1 Å². The summed E-state index contributed by atoms with van der Waals surface area (Å²) < 4.78 is 46.6. The third kappa shape index (κ3) is 9.69. The number of hydrogen-bond acceptors (Lipinski definition) is 9. The van der Waals surface area contributed by atoms with Gasteiger partial charge in [0.15, 0.2) is 11.9 Å². The zero-order valence-corrected chi connectivity index (χ0v) is 20.4. The number of nitrogens with zero attached hydrogens (tertiary/aromatic N) is 2. The number of aryl methyl sites for hydroxylation is 1. The Balaban J connectivity index is 0.000000422. The van der Waals surface area contributed by atoms with E-state index in [0.29, 0.717) is 16.7 Å². The van der Waals surface area contributed by atoms with Crippen LogP contribution in [0.4, 0.5) is 18.0 Å². The lowest BCUT2D eigenvalue weighted by molar-refractivity contribution is -0.149. The van der Waals surface area contributed by atoms with E-state index in [2.05, 4.69) is 14.5 Å². The third-order valence-corrected chi connectivity index (χ3v) is 4.53. The highest BCUT2D eigenvalue weighted by atomic mass is 19.4. The number of aliphatic carboxylic acids is 1. The number of benzene rings is 1. The second kappa shape index (κ2) is 12.6. The van der Waals surface area contributed by atoms with E-state index < -0.39 is 41.3 Å². The van der Waals surface area contributed by atoms with Crippen molar-refractivity contribution >= 4 is 23.5 Å². The van der Waals surface area contributed by atoms with Crippen LogP contribution in [-0.4, -0.2) is 46.5 Å². The largest absolute Gasteiger partial charge is 0.509 e. The molecule has 0 aliphatic heterocycles. The Hall–Kier alpha value is -4.31. The van der Waals surface area contributed by atoms with Crippen molar-refractivity contribution in [1.29, 1.82) is 16.1 Å². The number of nitriles is 1. The molecule has 1 atom stereocenters. The Labute approximate surface area is 210 Å². The fourth-order valence-electron chi connectivity index (χ4n) is 2.51. The second-order valence-corrected chi connectivity index (χ2v) is 8.43. The fraction of sp³-hybridized carbons (Fsp3) is 0.333. The van der Waals surface area contributed by atoms with Gasteiger partial charge in [-0.3, -0.25) is 26.3 Å². The molecule has 0 spiro atoms. The Morgan fingerprint density at radius 2 is 1.81 bits per heavy atom. The molecule has 198 valence electrons. The van der Waals surface area contributed by atoms with Crippen LogP contribution in [-0.2, 0) is 20.4 Å². The van der Waals surface area contributed by atoms with E-state index >= 15 is 0 Å². The zero-order valence-electron chi connectivity index (χ0n) is 20.4. The number of carbonyl (C=O) groups excluding carboxylic acids is 1. The molecule has 10 nitrogen and oxygen atoms in total. The minimum atomic E-state index is -4.50. The van der Waals surface area contributed by atoms with Gasteiger partial charge in [-0.2, -0.15) is 18.4 Å². The molecule has 1 aromatic carbocycles. The number of rotatable bonds is 7. The molecule has 1 heterocycles. The van der Waals surface area contributed by atoms with Gasteiger partial charge in [0.1, 0.15) is 18.4 Å². The van der Waals surface area contributed by atoms with Crippen LogP contribution in [0.2, 0.25) is 0 Å². The van der Waals surface area contributed by atoms with Gasteiger partial charge < -0.3 is 14.6 Å². The lowest BCUT2D eigenvalue weighted by atomic mass is 9.95. The number of halogens is 3. The van der Waals surface area contributed by atoms with Crippen LogP contribution in [0.5, 0.6) is 0 Å². The average molecular weight is 521 g/mol. The number of nitrogens with one attached hydrogen (secondary N) is 2. The third-order valence-electron chi connectivity index (χ3n) is 4.53. The molecule has 0 radical (unpaired) electrons. The van der Waals surface area contributed by atoms with Crippen molar-refractivity contribution in [2.45, 2.75) is 40.1 Å². The van der Waals surface area contributed by atoms with Crippen LogP contribution in [0, 0.1) is 34.5 Å². The average Bonchev–Trinajstić information content (AvgIpc) is 2.81. The maximum Gasteiger partial charge on any atom is 0.509 e. The highest BCUT2D eigenvalue weighted by Gasteiger charge is 2.32. The lowest BCUT2D eigenvalue weighted by Crippen LogP contribution is -2.32. The van der Waals surface area contributed by atoms with Crippen molar-refractivity contribution in [2.24, 2.45) is 11.1 Å². The number of ether oxygens (including phenoxy) is 2. The van der Waals surface area contributed by atoms with E-state index in [1.807, 2.05) is 0 Å². The number of carbonyl (C=O) groups is 2. The molecule has 0 aliphatic rings. The fourth-order valence-corrected chi connectivity index (χ4v) is 2.51. The Morgan fingerprint density at radius 3 is 2.27 bits per heavy atom. The van der Waals surface area contributed by atoms with Gasteiger partial charge in [0.2, 0.25) is 0 Å². The molecule has 1 unspecified atom stereocenters. The Morgan fingerprint density at radius 1 is 1.19 bits per heavy atom. The minimum absolute atomic E-state index is 0.239. The monoisotopic (exact) mass is 521 g/mol. The second-order valence-electron chi connectivity index (χ2n) is 8.43. The molecule has 2 aromatic rings. The molecule has 1 aromatic heterocycles. The van der Waals surface area contributed by atoms with Crippen LogP contribution >= 0.6 is 0 Å². The summed E-state index contributed by atoms with van der Waals surface area (Å²) in [6.07, 6.45) is -5.12. The summed E-state index contributed by atoms with van der Waals surface area (Å²) in [5.41, 5.74) is 4.46. The summed E-state index contributed by atoms with van der Waals surface area (Å²) in [5, 5.41) is 32.6. The molecule has 5 N–H and O–H groups in total. The summed E-state index contributed by atoms with van der Waals surface area (Å²) in [4.78, 5) is 24.8. The topological polar surface area (TPSA) is 183 Å². The van der Waals surface area contributed by atoms with Crippen molar-refractivity contribution in [2.75, 3.05) is 6.61 Å². The standard InChI is InChI=1S/C16H11F3N4.C8H15NO5/c1-9-4-11(6-12(5-9)15(22)13(21)7-20)10-2-3-14(23-8-10)16(17,18)19;1-5(9)14-7(12)13-4-8(2,3)6(10)11/h2-6,8,21-22H,1H3;5H,4,9H2,1-3H3,(H,10,11). The van der Waals surface area contributed by atoms with Gasteiger partial charge in [0.05, 0.1) is 11.1 Å². The first-order valence-corrected chi connectivity index (χ1v) is 10.5. The molecule has 0 bridgehead atoms. The quantitative estimate of drug-likeness (QED) is 0.232. The molecule has 0 fully saturated rings. The van der Waals surface area contributed by atoms with Gasteiger partial charge in [-0.15, -0.1) is 0 Å². The maximum atomic E-state index is 12.5. The SMILES string of the molecule is CC(N)OC(=O)OCC(C)(C)C(=O)O.Cc1cc(C(=N)C(=N)C#N)cc(-c2ccc(C(F)(F)F)nc2)c1. The van der Waals surface area contributed by atoms with Gasteiger partial charge in [-0.05, 0) is 57.0 Å².